The molecule has 0 spiro atoms. The SMILES string of the molecule is Cc1ccc(-c2c(NS(=O)(=O)/C=C/c3cccs3)ncnc2OCCOc2ncc(Br)cn2)cc1. The summed E-state index contributed by atoms with van der Waals surface area (Å²) in [6.07, 6.45) is 5.92. The van der Waals surface area contributed by atoms with Crippen molar-refractivity contribution in [2.24, 2.45) is 0 Å². The average Bonchev–Trinajstić information content (AvgIpc) is 3.36. The lowest BCUT2D eigenvalue weighted by Crippen LogP contribution is -2.14. The molecule has 0 saturated heterocycles. The highest BCUT2D eigenvalue weighted by molar-refractivity contribution is 9.10. The lowest BCUT2D eigenvalue weighted by molar-refractivity contribution is 0.202. The van der Waals surface area contributed by atoms with Crippen LogP contribution in [0.3, 0.4) is 0 Å². The van der Waals surface area contributed by atoms with Crippen LogP contribution in [0.2, 0.25) is 0 Å². The van der Waals surface area contributed by atoms with Gasteiger partial charge >= 0.3 is 6.01 Å². The molecular formula is C23H20BrN5O4S2. The van der Waals surface area contributed by atoms with E-state index in [4.69, 9.17) is 9.47 Å². The number of nitrogens with zero attached hydrogens (tertiary/aromatic N) is 4. The number of aromatic nitrogens is 4. The Hall–Kier alpha value is -3.35. The minimum Gasteiger partial charge on any atom is -0.473 e. The fraction of sp³-hybridized carbons (Fsp3) is 0.130. The highest BCUT2D eigenvalue weighted by atomic mass is 79.9. The first-order valence-corrected chi connectivity index (χ1v) is 13.5. The highest BCUT2D eigenvalue weighted by Gasteiger charge is 2.19. The van der Waals surface area contributed by atoms with Gasteiger partial charge in [-0.2, -0.15) is 0 Å². The third-order valence-electron chi connectivity index (χ3n) is 4.50. The Morgan fingerprint density at radius 3 is 2.49 bits per heavy atom. The number of ether oxygens (including phenoxy) is 2. The van der Waals surface area contributed by atoms with E-state index in [1.165, 1.54) is 23.7 Å². The topological polar surface area (TPSA) is 116 Å². The first kappa shape index (κ1) is 24.8. The van der Waals surface area contributed by atoms with Gasteiger partial charge in [0.05, 0.1) is 15.4 Å². The molecule has 1 N–H and O–H groups in total. The van der Waals surface area contributed by atoms with Crippen molar-refractivity contribution in [3.05, 3.63) is 80.8 Å². The van der Waals surface area contributed by atoms with Crippen molar-refractivity contribution in [1.82, 2.24) is 19.9 Å². The number of halogens is 1. The van der Waals surface area contributed by atoms with Gasteiger partial charge in [-0.25, -0.2) is 28.4 Å². The summed E-state index contributed by atoms with van der Waals surface area (Å²) in [7, 11) is -3.85. The van der Waals surface area contributed by atoms with Gasteiger partial charge in [0.15, 0.2) is 5.82 Å². The van der Waals surface area contributed by atoms with Crippen LogP contribution >= 0.6 is 27.3 Å². The predicted octanol–water partition coefficient (Wildman–Crippen LogP) is 4.94. The predicted molar refractivity (Wildman–Crippen MR) is 139 cm³/mol. The molecule has 0 aliphatic carbocycles. The van der Waals surface area contributed by atoms with Gasteiger partial charge in [-0.15, -0.1) is 11.3 Å². The first-order valence-electron chi connectivity index (χ1n) is 10.3. The van der Waals surface area contributed by atoms with Crippen molar-refractivity contribution in [3.8, 4) is 23.0 Å². The summed E-state index contributed by atoms with van der Waals surface area (Å²) in [6, 6.07) is 11.4. The molecule has 1 aromatic carbocycles. The standard InChI is InChI=1S/C23H20BrN5O4S2/c1-16-4-6-17(7-5-16)20-21(29-35(30,31)12-8-19-3-2-11-34-19)27-15-28-22(20)32-9-10-33-23-25-13-18(24)14-26-23/h2-8,11-15H,9-10H2,1H3,(H,27,28,29)/b12-8+. The van der Waals surface area contributed by atoms with Gasteiger partial charge in [0, 0.05) is 17.3 Å². The van der Waals surface area contributed by atoms with Crippen LogP contribution in [0.25, 0.3) is 17.2 Å². The second kappa shape index (κ2) is 11.4. The second-order valence-corrected chi connectivity index (χ2v) is 10.6. The Morgan fingerprint density at radius 2 is 1.77 bits per heavy atom. The molecule has 0 fully saturated rings. The fourth-order valence-corrected chi connectivity index (χ4v) is 4.62. The summed E-state index contributed by atoms with van der Waals surface area (Å²) in [6.45, 7) is 2.24. The molecule has 0 aliphatic heterocycles. The molecule has 9 nitrogen and oxygen atoms in total. The van der Waals surface area contributed by atoms with Crippen molar-refractivity contribution >= 4 is 49.2 Å². The molecule has 3 heterocycles. The number of hydrogen-bond acceptors (Lipinski definition) is 9. The summed E-state index contributed by atoms with van der Waals surface area (Å²) < 4.78 is 40.1. The van der Waals surface area contributed by atoms with E-state index in [-0.39, 0.29) is 30.9 Å². The van der Waals surface area contributed by atoms with Crippen LogP contribution < -0.4 is 14.2 Å². The first-order chi connectivity index (χ1) is 16.9. The maximum atomic E-state index is 12.8. The Bertz CT molecular complexity index is 1400. The molecule has 12 heteroatoms. The van der Waals surface area contributed by atoms with E-state index in [9.17, 15) is 8.42 Å². The minimum atomic E-state index is -3.85. The Morgan fingerprint density at radius 1 is 1.03 bits per heavy atom. The largest absolute Gasteiger partial charge is 0.473 e. The summed E-state index contributed by atoms with van der Waals surface area (Å²) in [5, 5.41) is 2.97. The molecule has 4 aromatic rings. The zero-order chi connectivity index (χ0) is 24.7. The van der Waals surface area contributed by atoms with Crippen LogP contribution in [0.4, 0.5) is 5.82 Å². The number of anilines is 1. The van der Waals surface area contributed by atoms with Gasteiger partial charge in [0.25, 0.3) is 10.0 Å². The number of benzene rings is 1. The lowest BCUT2D eigenvalue weighted by atomic mass is 10.1. The van der Waals surface area contributed by atoms with Crippen LogP contribution in [0.5, 0.6) is 11.9 Å². The van der Waals surface area contributed by atoms with Crippen molar-refractivity contribution in [1.29, 1.82) is 0 Å². The van der Waals surface area contributed by atoms with Gasteiger partial charge in [-0.1, -0.05) is 35.9 Å². The van der Waals surface area contributed by atoms with Crippen molar-refractivity contribution in [3.63, 3.8) is 0 Å². The summed E-state index contributed by atoms with van der Waals surface area (Å²) >= 11 is 4.70. The monoisotopic (exact) mass is 573 g/mol. The molecule has 0 radical (unpaired) electrons. The molecule has 0 aliphatic rings. The summed E-state index contributed by atoms with van der Waals surface area (Å²) in [4.78, 5) is 17.3. The molecule has 0 unspecified atom stereocenters. The van der Waals surface area contributed by atoms with E-state index < -0.39 is 10.0 Å². The van der Waals surface area contributed by atoms with Gasteiger partial charge < -0.3 is 9.47 Å². The fourth-order valence-electron chi connectivity index (χ4n) is 2.89. The molecule has 35 heavy (non-hydrogen) atoms. The number of nitrogens with one attached hydrogen (secondary N) is 1. The normalized spacial score (nSPS) is 11.5. The zero-order valence-corrected chi connectivity index (χ0v) is 21.7. The van der Waals surface area contributed by atoms with Crippen molar-refractivity contribution in [2.45, 2.75) is 6.92 Å². The zero-order valence-electron chi connectivity index (χ0n) is 18.5. The molecule has 3 aromatic heterocycles. The van der Waals surface area contributed by atoms with E-state index in [0.717, 1.165) is 20.3 Å². The van der Waals surface area contributed by atoms with Gasteiger partial charge in [-0.3, -0.25) is 4.72 Å². The molecule has 0 bridgehead atoms. The molecular weight excluding hydrogens is 554 g/mol. The highest BCUT2D eigenvalue weighted by Crippen LogP contribution is 2.34. The van der Waals surface area contributed by atoms with Crippen LogP contribution in [0.15, 0.2) is 70.4 Å². The lowest BCUT2D eigenvalue weighted by Gasteiger charge is -2.15. The van der Waals surface area contributed by atoms with Crippen LogP contribution in [-0.2, 0) is 10.0 Å². The third kappa shape index (κ3) is 7.07. The van der Waals surface area contributed by atoms with Crippen LogP contribution in [0, 0.1) is 6.92 Å². The number of hydrogen-bond donors (Lipinski definition) is 1. The number of sulfonamides is 1. The Kier molecular flexibility index (Phi) is 8.06. The van der Waals surface area contributed by atoms with Crippen molar-refractivity contribution in [2.75, 3.05) is 17.9 Å². The molecule has 0 saturated carbocycles. The minimum absolute atomic E-state index is 0.104. The quantitative estimate of drug-likeness (QED) is 0.265. The van der Waals surface area contributed by atoms with Crippen LogP contribution in [0.1, 0.15) is 10.4 Å². The third-order valence-corrected chi connectivity index (χ3v) is 6.72. The Balaban J connectivity index is 1.55. The Labute approximate surface area is 215 Å². The average molecular weight is 574 g/mol. The van der Waals surface area contributed by atoms with Gasteiger partial charge in [0.2, 0.25) is 5.88 Å². The molecule has 4 rings (SSSR count). The van der Waals surface area contributed by atoms with E-state index in [2.05, 4.69) is 40.6 Å². The summed E-state index contributed by atoms with van der Waals surface area (Å²) in [5.41, 5.74) is 2.17. The van der Waals surface area contributed by atoms with Crippen LogP contribution in [-0.4, -0.2) is 41.6 Å². The summed E-state index contributed by atoms with van der Waals surface area (Å²) in [5.74, 6) is 0.316. The van der Waals surface area contributed by atoms with Gasteiger partial charge in [0.1, 0.15) is 19.5 Å². The van der Waals surface area contributed by atoms with E-state index in [1.54, 1.807) is 12.4 Å². The maximum Gasteiger partial charge on any atom is 0.316 e. The number of rotatable bonds is 10. The van der Waals surface area contributed by atoms with Crippen molar-refractivity contribution < 1.29 is 17.9 Å². The van der Waals surface area contributed by atoms with E-state index in [1.807, 2.05) is 48.7 Å². The molecule has 180 valence electrons. The second-order valence-electron chi connectivity index (χ2n) is 7.11. The number of aryl methyl sites for hydroxylation is 1. The molecule has 0 amide bonds. The number of thiophene rings is 1. The maximum absolute atomic E-state index is 12.8. The smallest absolute Gasteiger partial charge is 0.316 e. The van der Waals surface area contributed by atoms with E-state index >= 15 is 0 Å². The van der Waals surface area contributed by atoms with Gasteiger partial charge in [-0.05, 0) is 45.9 Å². The molecule has 0 atom stereocenters. The van der Waals surface area contributed by atoms with E-state index in [0.29, 0.717) is 11.1 Å².